The fourth-order valence-electron chi connectivity index (χ4n) is 8.09. The van der Waals surface area contributed by atoms with E-state index < -0.39 is 18.3 Å². The molecule has 0 saturated carbocycles. The van der Waals surface area contributed by atoms with Crippen LogP contribution in [0.15, 0.2) is 90.1 Å². The van der Waals surface area contributed by atoms with Crippen LogP contribution in [0.5, 0.6) is 0 Å². The van der Waals surface area contributed by atoms with Gasteiger partial charge in [0.1, 0.15) is 11.5 Å². The topological polar surface area (TPSA) is 82.2 Å². The molecule has 11 heteroatoms. The number of pyridine rings is 1. The van der Waals surface area contributed by atoms with Gasteiger partial charge in [-0.25, -0.2) is 21.8 Å². The molecule has 5 aromatic rings. The van der Waals surface area contributed by atoms with E-state index in [0.29, 0.717) is 65.2 Å². The Morgan fingerprint density at radius 3 is 2.24 bits per heavy atom. The van der Waals surface area contributed by atoms with E-state index in [1.165, 1.54) is 16.1 Å². The van der Waals surface area contributed by atoms with E-state index in [1.54, 1.807) is 42.6 Å². The zero-order valence-corrected chi connectivity index (χ0v) is 32.6. The first kappa shape index (κ1) is 36.9. The van der Waals surface area contributed by atoms with Crippen LogP contribution in [0.3, 0.4) is 0 Å². The molecular formula is C40H50FN5O3SSi. The van der Waals surface area contributed by atoms with Crippen LogP contribution < -0.4 is 0 Å². The minimum absolute atomic E-state index is 0.187. The molecule has 51 heavy (non-hydrogen) atoms. The number of halogens is 1. The van der Waals surface area contributed by atoms with Gasteiger partial charge in [0.25, 0.3) is 10.0 Å². The van der Waals surface area contributed by atoms with Crippen molar-refractivity contribution >= 4 is 34.9 Å². The minimum Gasteiger partial charge on any atom is -0.416 e. The summed E-state index contributed by atoms with van der Waals surface area (Å²) in [5, 5.41) is 5.81. The smallest absolute Gasteiger partial charge is 0.269 e. The highest BCUT2D eigenvalue weighted by Crippen LogP contribution is 2.45. The standard InChI is InChI=1S/C40H50FN5O3SSi/c1-28(2)51(29(3)4,30(5)6)49-26-12-23-45-27-36(38(43-45)31-16-18-33(41)19-17-31)37-35-15-11-22-42-40(35)46(39(37)32-20-24-44(7)25-21-32)50(47,48)34-13-9-8-10-14-34/h8-11,13-20,22,27-30H,12,21,23-26H2,1-7H3. The maximum absolute atomic E-state index is 14.6. The first-order valence-corrected chi connectivity index (χ1v) is 21.6. The Morgan fingerprint density at radius 2 is 1.61 bits per heavy atom. The zero-order valence-electron chi connectivity index (χ0n) is 30.8. The second kappa shape index (κ2) is 15.0. The van der Waals surface area contributed by atoms with Crippen LogP contribution in [0.25, 0.3) is 39.0 Å². The summed E-state index contributed by atoms with van der Waals surface area (Å²) in [6.07, 6.45) is 7.19. The Morgan fingerprint density at radius 1 is 0.922 bits per heavy atom. The van der Waals surface area contributed by atoms with Gasteiger partial charge >= 0.3 is 0 Å². The second-order valence-corrected chi connectivity index (χ2v) is 21.8. The Labute approximate surface area is 303 Å². The van der Waals surface area contributed by atoms with Crippen molar-refractivity contribution in [1.82, 2.24) is 23.6 Å². The normalized spacial score (nSPS) is 14.7. The van der Waals surface area contributed by atoms with E-state index in [0.717, 1.165) is 35.2 Å². The molecule has 1 aliphatic rings. The monoisotopic (exact) mass is 727 g/mol. The highest BCUT2D eigenvalue weighted by molar-refractivity contribution is 7.90. The lowest BCUT2D eigenvalue weighted by molar-refractivity contribution is 0.263. The third kappa shape index (κ3) is 7.01. The van der Waals surface area contributed by atoms with Gasteiger partial charge in [0, 0.05) is 60.7 Å². The highest BCUT2D eigenvalue weighted by atomic mass is 32.2. The molecule has 0 amide bonds. The summed E-state index contributed by atoms with van der Waals surface area (Å²) in [4.78, 5) is 7.09. The molecule has 3 aromatic heterocycles. The number of fused-ring (bicyclic) bond motifs is 1. The summed E-state index contributed by atoms with van der Waals surface area (Å²) < 4.78 is 53.7. The van der Waals surface area contributed by atoms with Crippen LogP contribution in [-0.2, 0) is 21.0 Å². The van der Waals surface area contributed by atoms with Crippen LogP contribution in [0.2, 0.25) is 16.6 Å². The summed E-state index contributed by atoms with van der Waals surface area (Å²) in [7, 11) is -4.04. The van der Waals surface area contributed by atoms with Crippen LogP contribution in [0, 0.1) is 5.82 Å². The molecule has 0 aliphatic carbocycles. The molecule has 0 radical (unpaired) electrons. The van der Waals surface area contributed by atoms with E-state index in [1.807, 2.05) is 29.1 Å². The lowest BCUT2D eigenvalue weighted by Gasteiger charge is -2.42. The molecule has 1 aliphatic heterocycles. The molecule has 8 nitrogen and oxygen atoms in total. The fourth-order valence-corrected chi connectivity index (χ4v) is 15.1. The summed E-state index contributed by atoms with van der Waals surface area (Å²) in [5.41, 5.74) is 6.27. The molecule has 0 N–H and O–H groups in total. The molecule has 0 bridgehead atoms. The van der Waals surface area contributed by atoms with Gasteiger partial charge in [-0.05, 0) is 90.6 Å². The molecule has 0 atom stereocenters. The molecule has 0 fully saturated rings. The lowest BCUT2D eigenvalue weighted by Crippen LogP contribution is -2.48. The average Bonchev–Trinajstić information content (AvgIpc) is 3.68. The molecule has 6 rings (SSSR count). The molecule has 0 saturated heterocycles. The maximum atomic E-state index is 14.6. The fraction of sp³-hybridized carbons (Fsp3) is 0.400. The van der Waals surface area contributed by atoms with Crippen molar-refractivity contribution in [3.8, 4) is 22.4 Å². The summed E-state index contributed by atoms with van der Waals surface area (Å²) in [6.45, 7) is 16.5. The van der Waals surface area contributed by atoms with Crippen LogP contribution in [0.4, 0.5) is 4.39 Å². The van der Waals surface area contributed by atoms with Crippen molar-refractivity contribution in [3.63, 3.8) is 0 Å². The number of likely N-dealkylation sites (N-methyl/N-ethyl adjacent to an activating group) is 1. The molecular weight excluding hydrogens is 678 g/mol. The number of hydrogen-bond donors (Lipinski definition) is 0. The van der Waals surface area contributed by atoms with Gasteiger partial charge in [0.05, 0.1) is 10.6 Å². The van der Waals surface area contributed by atoms with Crippen LogP contribution in [0.1, 0.15) is 60.1 Å². The van der Waals surface area contributed by atoms with Crippen LogP contribution in [-0.4, -0.2) is 67.1 Å². The third-order valence-corrected chi connectivity index (χ3v) is 18.2. The predicted octanol–water partition coefficient (Wildman–Crippen LogP) is 9.24. The number of rotatable bonds is 13. The second-order valence-electron chi connectivity index (χ2n) is 14.6. The number of nitrogens with zero attached hydrogens (tertiary/aromatic N) is 5. The highest BCUT2D eigenvalue weighted by Gasteiger charge is 2.44. The van der Waals surface area contributed by atoms with Crippen LogP contribution >= 0.6 is 0 Å². The summed E-state index contributed by atoms with van der Waals surface area (Å²) in [5.74, 6) is -0.336. The number of benzene rings is 2. The zero-order chi connectivity index (χ0) is 36.5. The first-order valence-electron chi connectivity index (χ1n) is 18.0. The van der Waals surface area contributed by atoms with Gasteiger partial charge in [-0.2, -0.15) is 5.10 Å². The van der Waals surface area contributed by atoms with Gasteiger partial charge in [0.15, 0.2) is 14.0 Å². The Hall–Kier alpha value is -3.90. The molecule has 270 valence electrons. The van der Waals surface area contributed by atoms with Crippen molar-refractivity contribution in [2.24, 2.45) is 0 Å². The quantitative estimate of drug-likeness (QED) is 0.0889. The molecule has 2 aromatic carbocycles. The number of aryl methyl sites for hydroxylation is 1. The summed E-state index contributed by atoms with van der Waals surface area (Å²) >= 11 is 0. The van der Waals surface area contributed by atoms with Gasteiger partial charge in [0.2, 0.25) is 0 Å². The van der Waals surface area contributed by atoms with E-state index in [2.05, 4.69) is 59.6 Å². The van der Waals surface area contributed by atoms with Crippen molar-refractivity contribution < 1.29 is 17.2 Å². The van der Waals surface area contributed by atoms with Gasteiger partial charge in [-0.1, -0.05) is 65.8 Å². The largest absolute Gasteiger partial charge is 0.416 e. The van der Waals surface area contributed by atoms with E-state index >= 15 is 0 Å². The maximum Gasteiger partial charge on any atom is 0.269 e. The summed E-state index contributed by atoms with van der Waals surface area (Å²) in [6, 6.07) is 18.6. The van der Waals surface area contributed by atoms with E-state index in [9.17, 15) is 12.8 Å². The average molecular weight is 728 g/mol. The third-order valence-electron chi connectivity index (χ3n) is 10.4. The molecule has 0 spiro atoms. The van der Waals surface area contributed by atoms with Crippen molar-refractivity contribution in [1.29, 1.82) is 0 Å². The molecule has 4 heterocycles. The van der Waals surface area contributed by atoms with Gasteiger partial charge in [-0.15, -0.1) is 0 Å². The minimum atomic E-state index is -4.07. The Kier molecular flexibility index (Phi) is 10.8. The number of hydrogen-bond acceptors (Lipinski definition) is 6. The van der Waals surface area contributed by atoms with E-state index in [4.69, 9.17) is 14.5 Å². The SMILES string of the molecule is CC(C)[Si](OCCCn1cc(-c2c(C3=CCN(C)CC3)n(S(=O)(=O)c3ccccc3)c3ncccc23)c(-c2ccc(F)cc2)n1)(C(C)C)C(C)C. The van der Waals surface area contributed by atoms with Crippen molar-refractivity contribution in [2.45, 2.75) is 82.4 Å². The lowest BCUT2D eigenvalue weighted by atomic mass is 9.94. The Bertz CT molecular complexity index is 2100. The predicted molar refractivity (Wildman–Crippen MR) is 207 cm³/mol. The Balaban J connectivity index is 1.52. The molecule has 0 unspecified atom stereocenters. The van der Waals surface area contributed by atoms with Crippen molar-refractivity contribution in [2.75, 3.05) is 26.7 Å². The van der Waals surface area contributed by atoms with Crippen molar-refractivity contribution in [3.05, 3.63) is 96.7 Å². The first-order chi connectivity index (χ1) is 24.4. The number of aromatic nitrogens is 4. The van der Waals surface area contributed by atoms with Gasteiger partial charge < -0.3 is 9.33 Å². The van der Waals surface area contributed by atoms with E-state index in [-0.39, 0.29) is 10.7 Å². The van der Waals surface area contributed by atoms with Gasteiger partial charge in [-0.3, -0.25) is 4.68 Å².